The van der Waals surface area contributed by atoms with Crippen molar-refractivity contribution in [1.29, 1.82) is 0 Å². The van der Waals surface area contributed by atoms with Crippen LogP contribution < -0.4 is 19.7 Å². The van der Waals surface area contributed by atoms with Crippen LogP contribution in [0.5, 0.6) is 11.5 Å². The van der Waals surface area contributed by atoms with E-state index in [0.717, 1.165) is 76.0 Å². The molecule has 1 N–H and O–H groups in total. The summed E-state index contributed by atoms with van der Waals surface area (Å²) in [4.78, 5) is 2.40. The second-order valence-electron chi connectivity index (χ2n) is 12.0. The van der Waals surface area contributed by atoms with Gasteiger partial charge in [-0.25, -0.2) is 0 Å². The smallest absolute Gasteiger partial charge is 0.142 e. The van der Waals surface area contributed by atoms with Gasteiger partial charge in [-0.05, 0) is 73.2 Å². The van der Waals surface area contributed by atoms with E-state index in [1.54, 1.807) is 7.11 Å². The molecule has 1 aliphatic carbocycles. The Hall–Kier alpha value is -3.10. The SMILES string of the molecule is COCCCN1CCOc2ccc(COC3CNCCC3c3ccc(OCCOCC4(c5ccccc5)CC4)cc3)cc21. The number of hydrogen-bond donors (Lipinski definition) is 1. The fourth-order valence-electron chi connectivity index (χ4n) is 6.39. The van der Waals surface area contributed by atoms with E-state index in [1.807, 2.05) is 0 Å². The summed E-state index contributed by atoms with van der Waals surface area (Å²) in [5, 5.41) is 3.53. The molecule has 0 amide bonds. The van der Waals surface area contributed by atoms with Crippen LogP contribution in [0.25, 0.3) is 0 Å². The van der Waals surface area contributed by atoms with Gasteiger partial charge in [0.05, 0.1) is 38.2 Å². The van der Waals surface area contributed by atoms with Crippen molar-refractivity contribution in [2.75, 3.05) is 71.2 Å². The molecule has 2 aliphatic heterocycles. The predicted octanol–water partition coefficient (Wildman–Crippen LogP) is 5.71. The molecule has 2 heterocycles. The number of rotatable bonds is 15. The summed E-state index contributed by atoms with van der Waals surface area (Å²) in [6.07, 6.45) is 4.57. The Labute approximate surface area is 256 Å². The molecule has 0 aromatic heterocycles. The molecule has 1 saturated carbocycles. The highest BCUT2D eigenvalue weighted by Crippen LogP contribution is 2.48. The molecular weight excluding hydrogens is 540 g/mol. The van der Waals surface area contributed by atoms with Gasteiger partial charge in [0.1, 0.15) is 24.7 Å². The van der Waals surface area contributed by atoms with Crippen molar-refractivity contribution in [2.24, 2.45) is 0 Å². The first-order chi connectivity index (χ1) is 21.2. The number of nitrogens with one attached hydrogen (secondary N) is 1. The van der Waals surface area contributed by atoms with Gasteiger partial charge < -0.3 is 33.9 Å². The topological polar surface area (TPSA) is 61.4 Å². The maximum Gasteiger partial charge on any atom is 0.142 e. The molecule has 2 atom stereocenters. The maximum atomic E-state index is 6.56. The summed E-state index contributed by atoms with van der Waals surface area (Å²) < 4.78 is 29.8. The van der Waals surface area contributed by atoms with Crippen molar-refractivity contribution in [3.63, 3.8) is 0 Å². The highest BCUT2D eigenvalue weighted by atomic mass is 16.5. The van der Waals surface area contributed by atoms with Gasteiger partial charge in [-0.3, -0.25) is 0 Å². The van der Waals surface area contributed by atoms with E-state index >= 15 is 0 Å². The van der Waals surface area contributed by atoms with Crippen LogP contribution in [0, 0.1) is 0 Å². The standard InChI is InChI=1S/C36H46N2O5/c1-39-20-5-18-38-19-21-42-34-13-8-28(24-33(34)38)26-43-35-25-37-17-14-32(35)29-9-11-31(12-10-29)41-23-22-40-27-36(15-16-36)30-6-3-2-4-7-30/h2-4,6-13,24,32,35,37H,5,14-23,25-27H2,1H3. The van der Waals surface area contributed by atoms with Gasteiger partial charge in [0.25, 0.3) is 0 Å². The number of methoxy groups -OCH3 is 1. The molecule has 0 spiro atoms. The van der Waals surface area contributed by atoms with Crippen LogP contribution in [-0.2, 0) is 26.2 Å². The van der Waals surface area contributed by atoms with Gasteiger partial charge >= 0.3 is 0 Å². The first kappa shape index (κ1) is 29.9. The minimum absolute atomic E-state index is 0.110. The number of anilines is 1. The molecule has 3 aromatic rings. The van der Waals surface area contributed by atoms with E-state index in [1.165, 1.54) is 29.5 Å². The van der Waals surface area contributed by atoms with Crippen LogP contribution in [0.2, 0.25) is 0 Å². The fraction of sp³-hybridized carbons (Fsp3) is 0.500. The van der Waals surface area contributed by atoms with Crippen LogP contribution >= 0.6 is 0 Å². The summed E-state index contributed by atoms with van der Waals surface area (Å²) in [5.41, 5.74) is 5.24. The van der Waals surface area contributed by atoms with Crippen molar-refractivity contribution in [2.45, 2.75) is 49.7 Å². The first-order valence-electron chi connectivity index (χ1n) is 15.9. The summed E-state index contributed by atoms with van der Waals surface area (Å²) in [6.45, 7) is 7.69. The molecule has 3 aliphatic rings. The zero-order valence-corrected chi connectivity index (χ0v) is 25.5. The van der Waals surface area contributed by atoms with Crippen LogP contribution in [0.1, 0.15) is 48.3 Å². The van der Waals surface area contributed by atoms with E-state index in [2.05, 4.69) is 83.0 Å². The molecular formula is C36H46N2O5. The van der Waals surface area contributed by atoms with Crippen molar-refractivity contribution < 1.29 is 23.7 Å². The van der Waals surface area contributed by atoms with Crippen molar-refractivity contribution in [3.8, 4) is 11.5 Å². The highest BCUT2D eigenvalue weighted by Gasteiger charge is 2.44. The lowest BCUT2D eigenvalue weighted by Crippen LogP contribution is -2.41. The molecule has 7 heteroatoms. The monoisotopic (exact) mass is 586 g/mol. The number of piperidine rings is 1. The quantitative estimate of drug-likeness (QED) is 0.229. The Kier molecular flexibility index (Phi) is 10.2. The number of ether oxygens (including phenoxy) is 5. The molecule has 1 saturated heterocycles. The Bertz CT molecular complexity index is 1280. The molecule has 6 rings (SSSR count). The average Bonchev–Trinajstić information content (AvgIpc) is 3.86. The van der Waals surface area contributed by atoms with Gasteiger partial charge in [0, 0.05) is 38.1 Å². The molecule has 0 bridgehead atoms. The number of fused-ring (bicyclic) bond motifs is 1. The Morgan fingerprint density at radius 3 is 2.65 bits per heavy atom. The maximum absolute atomic E-state index is 6.56. The average molecular weight is 587 g/mol. The second kappa shape index (κ2) is 14.6. The van der Waals surface area contributed by atoms with Gasteiger partial charge in [-0.2, -0.15) is 0 Å². The second-order valence-corrected chi connectivity index (χ2v) is 12.0. The van der Waals surface area contributed by atoms with Gasteiger partial charge in [0.15, 0.2) is 0 Å². The van der Waals surface area contributed by atoms with E-state index in [9.17, 15) is 0 Å². The minimum Gasteiger partial charge on any atom is -0.491 e. The van der Waals surface area contributed by atoms with Gasteiger partial charge in [-0.1, -0.05) is 48.5 Å². The van der Waals surface area contributed by atoms with Crippen LogP contribution in [0.4, 0.5) is 5.69 Å². The van der Waals surface area contributed by atoms with Crippen molar-refractivity contribution in [3.05, 3.63) is 89.5 Å². The number of nitrogens with zero attached hydrogens (tertiary/aromatic N) is 1. The van der Waals surface area contributed by atoms with Crippen molar-refractivity contribution >= 4 is 5.69 Å². The molecule has 3 aromatic carbocycles. The van der Waals surface area contributed by atoms with E-state index in [4.69, 9.17) is 23.7 Å². The first-order valence-corrected chi connectivity index (χ1v) is 15.9. The summed E-state index contributed by atoms with van der Waals surface area (Å²) in [5.74, 6) is 2.18. The lowest BCUT2D eigenvalue weighted by molar-refractivity contribution is 0.0106. The third kappa shape index (κ3) is 7.71. The van der Waals surface area contributed by atoms with E-state index in [-0.39, 0.29) is 11.5 Å². The Morgan fingerprint density at radius 2 is 1.84 bits per heavy atom. The van der Waals surface area contributed by atoms with Crippen molar-refractivity contribution in [1.82, 2.24) is 5.32 Å². The molecule has 2 fully saturated rings. The number of hydrogen-bond acceptors (Lipinski definition) is 7. The normalized spacial score (nSPS) is 20.7. The predicted molar refractivity (Wildman–Crippen MR) is 170 cm³/mol. The summed E-state index contributed by atoms with van der Waals surface area (Å²) in [7, 11) is 1.76. The zero-order valence-electron chi connectivity index (χ0n) is 25.5. The minimum atomic E-state index is 0.110. The Balaban J connectivity index is 0.980. The lowest BCUT2D eigenvalue weighted by atomic mass is 9.87. The Morgan fingerprint density at radius 1 is 0.977 bits per heavy atom. The molecule has 43 heavy (non-hydrogen) atoms. The van der Waals surface area contributed by atoms with E-state index in [0.29, 0.717) is 25.7 Å². The van der Waals surface area contributed by atoms with Gasteiger partial charge in [0.2, 0.25) is 0 Å². The summed E-state index contributed by atoms with van der Waals surface area (Å²) >= 11 is 0. The molecule has 7 nitrogen and oxygen atoms in total. The van der Waals surface area contributed by atoms with Crippen LogP contribution in [0.15, 0.2) is 72.8 Å². The van der Waals surface area contributed by atoms with Crippen LogP contribution in [0.3, 0.4) is 0 Å². The third-order valence-electron chi connectivity index (χ3n) is 9.07. The van der Waals surface area contributed by atoms with Crippen LogP contribution in [-0.4, -0.2) is 72.4 Å². The van der Waals surface area contributed by atoms with E-state index < -0.39 is 0 Å². The molecule has 230 valence electrons. The molecule has 0 radical (unpaired) electrons. The highest BCUT2D eigenvalue weighted by molar-refractivity contribution is 5.61. The fourth-order valence-corrected chi connectivity index (χ4v) is 6.39. The summed E-state index contributed by atoms with van der Waals surface area (Å²) in [6, 6.07) is 25.8. The number of benzene rings is 3. The largest absolute Gasteiger partial charge is 0.491 e. The van der Waals surface area contributed by atoms with Gasteiger partial charge in [-0.15, -0.1) is 0 Å². The third-order valence-corrected chi connectivity index (χ3v) is 9.07. The lowest BCUT2D eigenvalue weighted by Gasteiger charge is -2.33. The zero-order chi connectivity index (χ0) is 29.3. The molecule has 2 unspecified atom stereocenters.